The second-order valence-corrected chi connectivity index (χ2v) is 5.06. The van der Waals surface area contributed by atoms with Gasteiger partial charge in [-0.1, -0.05) is 30.3 Å². The van der Waals surface area contributed by atoms with Crippen LogP contribution in [0.5, 0.6) is 0 Å². The van der Waals surface area contributed by atoms with E-state index in [1.54, 1.807) is 42.5 Å². The smallest absolute Gasteiger partial charge is 0.354 e. The van der Waals surface area contributed by atoms with E-state index in [2.05, 4.69) is 5.32 Å². The third-order valence-corrected chi connectivity index (χ3v) is 3.22. The number of nitrogens with one attached hydrogen (secondary N) is 2. The summed E-state index contributed by atoms with van der Waals surface area (Å²) < 4.78 is 50.0. The molecule has 2 aromatic rings. The van der Waals surface area contributed by atoms with Crippen molar-refractivity contribution in [2.45, 2.75) is 5.51 Å². The Balaban J connectivity index is 2.21. The van der Waals surface area contributed by atoms with Gasteiger partial charge in [-0.2, -0.15) is 13.2 Å². The van der Waals surface area contributed by atoms with E-state index >= 15 is 0 Å². The van der Waals surface area contributed by atoms with Crippen molar-refractivity contribution in [1.29, 1.82) is 0 Å². The second kappa shape index (κ2) is 5.96. The predicted molar refractivity (Wildman–Crippen MR) is 74.0 cm³/mol. The van der Waals surface area contributed by atoms with Gasteiger partial charge < -0.3 is 5.32 Å². The normalized spacial score (nSPS) is 12.8. The van der Waals surface area contributed by atoms with Gasteiger partial charge in [0.1, 0.15) is 0 Å². The molecule has 1 atom stereocenters. The minimum Gasteiger partial charge on any atom is -0.354 e. The summed E-state index contributed by atoms with van der Waals surface area (Å²) in [4.78, 5) is 0. The molecule has 1 unspecified atom stereocenters. The van der Waals surface area contributed by atoms with Crippen LogP contribution in [0.4, 0.5) is 30.2 Å². The number of benzene rings is 2. The van der Waals surface area contributed by atoms with Crippen molar-refractivity contribution in [3.05, 3.63) is 54.6 Å². The molecule has 0 spiro atoms. The summed E-state index contributed by atoms with van der Waals surface area (Å²) >= 11 is 0. The highest BCUT2D eigenvalue weighted by Crippen LogP contribution is 2.28. The van der Waals surface area contributed by atoms with Crippen molar-refractivity contribution in [3.63, 3.8) is 0 Å². The first-order valence-corrected chi connectivity index (χ1v) is 6.78. The third kappa shape index (κ3) is 3.74. The molecule has 2 rings (SSSR count). The van der Waals surface area contributed by atoms with Gasteiger partial charge in [0, 0.05) is 5.69 Å². The van der Waals surface area contributed by atoms with Crippen LogP contribution in [-0.2, 0) is 11.0 Å². The zero-order valence-electron chi connectivity index (χ0n) is 10.1. The van der Waals surface area contributed by atoms with Crippen LogP contribution in [0.2, 0.25) is 0 Å². The number of hydrogen-bond acceptors (Lipinski definition) is 2. The summed E-state index contributed by atoms with van der Waals surface area (Å²) in [5.41, 5.74) is -3.55. The summed E-state index contributed by atoms with van der Waals surface area (Å²) in [6, 6.07) is 15.2. The zero-order valence-corrected chi connectivity index (χ0v) is 11.0. The zero-order chi connectivity index (χ0) is 14.6. The molecule has 0 saturated heterocycles. The number of anilines is 3. The van der Waals surface area contributed by atoms with Crippen molar-refractivity contribution < 1.29 is 17.4 Å². The van der Waals surface area contributed by atoms with Crippen molar-refractivity contribution in [1.82, 2.24) is 0 Å². The van der Waals surface area contributed by atoms with Crippen molar-refractivity contribution in [2.24, 2.45) is 0 Å². The molecule has 0 heterocycles. The minimum atomic E-state index is -4.81. The summed E-state index contributed by atoms with van der Waals surface area (Å²) in [6.07, 6.45) is 0. The standard InChI is InChI=1S/C13H11F3N2OS/c14-13(15,16)20(19)18-12-9-5-4-8-11(12)17-10-6-2-1-3-7-10/h1-9,17-18H. The number of halogens is 3. The molecule has 2 aromatic carbocycles. The van der Waals surface area contributed by atoms with Gasteiger partial charge in [0.05, 0.1) is 11.4 Å². The first-order chi connectivity index (χ1) is 9.47. The average molecular weight is 300 g/mol. The largest absolute Gasteiger partial charge is 0.490 e. The summed E-state index contributed by atoms with van der Waals surface area (Å²) in [6.45, 7) is 0. The van der Waals surface area contributed by atoms with Gasteiger partial charge in [-0.15, -0.1) is 0 Å². The number of hydrogen-bond donors (Lipinski definition) is 2. The topological polar surface area (TPSA) is 41.1 Å². The van der Waals surface area contributed by atoms with Crippen molar-refractivity contribution in [2.75, 3.05) is 10.0 Å². The fraction of sp³-hybridized carbons (Fsp3) is 0.0769. The van der Waals surface area contributed by atoms with Crippen LogP contribution < -0.4 is 10.0 Å². The summed E-state index contributed by atoms with van der Waals surface area (Å²) in [5.74, 6) is 0. The highest BCUT2D eigenvalue weighted by molar-refractivity contribution is 7.87. The van der Waals surface area contributed by atoms with Crippen LogP contribution in [0, 0.1) is 0 Å². The van der Waals surface area contributed by atoms with Crippen LogP contribution in [0.1, 0.15) is 0 Å². The molecule has 0 aromatic heterocycles. The van der Waals surface area contributed by atoms with E-state index in [-0.39, 0.29) is 5.69 Å². The second-order valence-electron chi connectivity index (χ2n) is 3.85. The maximum Gasteiger partial charge on any atom is 0.490 e. The third-order valence-electron chi connectivity index (χ3n) is 2.39. The molecule has 0 aliphatic heterocycles. The first kappa shape index (κ1) is 14.4. The van der Waals surface area contributed by atoms with E-state index in [0.717, 1.165) is 5.69 Å². The first-order valence-electron chi connectivity index (χ1n) is 5.63. The van der Waals surface area contributed by atoms with Crippen LogP contribution in [0.25, 0.3) is 0 Å². The molecule has 2 N–H and O–H groups in total. The van der Waals surface area contributed by atoms with E-state index in [1.807, 2.05) is 10.8 Å². The molecule has 3 nitrogen and oxygen atoms in total. The Hall–Kier alpha value is -2.02. The van der Waals surface area contributed by atoms with Gasteiger partial charge in [0.2, 0.25) is 11.0 Å². The van der Waals surface area contributed by atoms with Crippen molar-refractivity contribution in [3.8, 4) is 0 Å². The van der Waals surface area contributed by atoms with Crippen LogP contribution in [0.15, 0.2) is 54.6 Å². The van der Waals surface area contributed by atoms with Crippen LogP contribution >= 0.6 is 0 Å². The molecule has 0 radical (unpaired) electrons. The van der Waals surface area contributed by atoms with E-state index in [0.29, 0.717) is 5.69 Å². The molecule has 20 heavy (non-hydrogen) atoms. The van der Waals surface area contributed by atoms with Gasteiger partial charge in [-0.25, -0.2) is 4.21 Å². The Bertz CT molecular complexity index is 602. The van der Waals surface area contributed by atoms with Gasteiger partial charge >= 0.3 is 5.51 Å². The van der Waals surface area contributed by atoms with E-state index < -0.39 is 16.5 Å². The number of alkyl halides is 3. The fourth-order valence-electron chi connectivity index (χ4n) is 1.52. The fourth-order valence-corrected chi connectivity index (χ4v) is 2.01. The molecule has 0 aliphatic rings. The molecular formula is C13H11F3N2OS. The molecule has 0 amide bonds. The highest BCUT2D eigenvalue weighted by atomic mass is 32.2. The minimum absolute atomic E-state index is 0.118. The van der Waals surface area contributed by atoms with Gasteiger partial charge in [-0.3, -0.25) is 4.72 Å². The molecule has 0 aliphatic carbocycles. The lowest BCUT2D eigenvalue weighted by Crippen LogP contribution is -2.23. The molecule has 0 fully saturated rings. The van der Waals surface area contributed by atoms with Crippen LogP contribution in [-0.4, -0.2) is 9.72 Å². The maximum absolute atomic E-state index is 12.3. The Morgan fingerprint density at radius 1 is 0.850 bits per heavy atom. The predicted octanol–water partition coefficient (Wildman–Crippen LogP) is 4.03. The van der Waals surface area contributed by atoms with E-state index in [1.165, 1.54) is 6.07 Å². The maximum atomic E-state index is 12.3. The number of rotatable bonds is 4. The lowest BCUT2D eigenvalue weighted by Gasteiger charge is -2.14. The van der Waals surface area contributed by atoms with E-state index in [4.69, 9.17) is 0 Å². The average Bonchev–Trinajstić information content (AvgIpc) is 2.41. The van der Waals surface area contributed by atoms with Gasteiger partial charge in [-0.05, 0) is 24.3 Å². The monoisotopic (exact) mass is 300 g/mol. The van der Waals surface area contributed by atoms with Gasteiger partial charge in [0.25, 0.3) is 0 Å². The Labute approximate surface area is 116 Å². The molecule has 7 heteroatoms. The van der Waals surface area contributed by atoms with Crippen LogP contribution in [0.3, 0.4) is 0 Å². The molecule has 106 valence electrons. The Morgan fingerprint density at radius 3 is 2.00 bits per heavy atom. The van der Waals surface area contributed by atoms with E-state index in [9.17, 15) is 17.4 Å². The SMILES string of the molecule is O=S(Nc1ccccc1Nc1ccccc1)C(F)(F)F. The molecule has 0 saturated carbocycles. The molecular weight excluding hydrogens is 289 g/mol. The quantitative estimate of drug-likeness (QED) is 0.895. The van der Waals surface area contributed by atoms with Gasteiger partial charge in [0.15, 0.2) is 0 Å². The Morgan fingerprint density at radius 2 is 1.40 bits per heavy atom. The highest BCUT2D eigenvalue weighted by Gasteiger charge is 2.37. The summed E-state index contributed by atoms with van der Waals surface area (Å²) in [7, 11) is -3.15. The number of para-hydroxylation sites is 3. The Kier molecular flexibility index (Phi) is 4.29. The lowest BCUT2D eigenvalue weighted by molar-refractivity contribution is -0.0379. The van der Waals surface area contributed by atoms with Crippen molar-refractivity contribution >= 4 is 28.0 Å². The lowest BCUT2D eigenvalue weighted by atomic mass is 10.2. The summed E-state index contributed by atoms with van der Waals surface area (Å²) in [5, 5.41) is 2.97. The molecule has 0 bridgehead atoms.